The van der Waals surface area contributed by atoms with E-state index in [1.54, 1.807) is 7.11 Å². The summed E-state index contributed by atoms with van der Waals surface area (Å²) < 4.78 is 4.95. The number of rotatable bonds is 7. The molecule has 0 aliphatic carbocycles. The van der Waals surface area contributed by atoms with Crippen molar-refractivity contribution in [3.63, 3.8) is 0 Å². The van der Waals surface area contributed by atoms with Crippen molar-refractivity contribution in [2.24, 2.45) is 0 Å². The number of nitrogens with one attached hydrogen (secondary N) is 1. The van der Waals surface area contributed by atoms with Crippen LogP contribution in [0.3, 0.4) is 0 Å². The van der Waals surface area contributed by atoms with Crippen LogP contribution < -0.4 is 5.32 Å². The van der Waals surface area contributed by atoms with Crippen LogP contribution in [0.25, 0.3) is 0 Å². The highest BCUT2D eigenvalue weighted by atomic mass is 16.5. The molecule has 1 aromatic heterocycles. The molecule has 0 aromatic carbocycles. The van der Waals surface area contributed by atoms with Crippen molar-refractivity contribution in [2.75, 3.05) is 20.3 Å². The smallest absolute Gasteiger partial charge is 0.131 e. The summed E-state index contributed by atoms with van der Waals surface area (Å²) in [5.41, 5.74) is 1.11. The van der Waals surface area contributed by atoms with Gasteiger partial charge in [-0.1, -0.05) is 13.8 Å². The van der Waals surface area contributed by atoms with E-state index in [1.165, 1.54) is 0 Å². The Morgan fingerprint density at radius 3 is 2.62 bits per heavy atom. The molecule has 90 valence electrons. The van der Waals surface area contributed by atoms with Crippen LogP contribution in [0, 0.1) is 0 Å². The van der Waals surface area contributed by atoms with Crippen LogP contribution >= 0.6 is 0 Å². The molecule has 1 heterocycles. The van der Waals surface area contributed by atoms with Gasteiger partial charge in [-0.05, 0) is 6.42 Å². The van der Waals surface area contributed by atoms with Gasteiger partial charge in [0.1, 0.15) is 5.82 Å². The van der Waals surface area contributed by atoms with Crippen LogP contribution in [0.2, 0.25) is 0 Å². The molecule has 0 aliphatic rings. The Bertz CT molecular complexity index is 287. The van der Waals surface area contributed by atoms with Gasteiger partial charge >= 0.3 is 0 Å². The summed E-state index contributed by atoms with van der Waals surface area (Å²) in [6.07, 6.45) is 4.87. The Balaban J connectivity index is 2.39. The second-order valence-corrected chi connectivity index (χ2v) is 3.93. The monoisotopic (exact) mass is 223 g/mol. The quantitative estimate of drug-likeness (QED) is 0.715. The second kappa shape index (κ2) is 7.30. The van der Waals surface area contributed by atoms with E-state index in [0.29, 0.717) is 5.92 Å². The van der Waals surface area contributed by atoms with Gasteiger partial charge in [0.05, 0.1) is 6.61 Å². The Kier molecular flexibility index (Phi) is 5.96. The van der Waals surface area contributed by atoms with E-state index in [-0.39, 0.29) is 0 Å². The van der Waals surface area contributed by atoms with Crippen molar-refractivity contribution in [1.29, 1.82) is 0 Å². The molecule has 0 saturated carbocycles. The van der Waals surface area contributed by atoms with Gasteiger partial charge in [-0.2, -0.15) is 0 Å². The first-order chi connectivity index (χ1) is 7.77. The Labute approximate surface area is 97.5 Å². The first kappa shape index (κ1) is 13.1. The number of nitrogens with zero attached hydrogens (tertiary/aromatic N) is 2. The van der Waals surface area contributed by atoms with E-state index < -0.39 is 0 Å². The fraction of sp³-hybridized carbons (Fsp3) is 0.667. The summed E-state index contributed by atoms with van der Waals surface area (Å²) in [5, 5.41) is 3.26. The molecule has 1 rings (SSSR count). The third-order valence-corrected chi connectivity index (χ3v) is 2.59. The van der Waals surface area contributed by atoms with Crippen LogP contribution in [0.5, 0.6) is 0 Å². The standard InChI is InChI=1S/C12H21N3O/c1-4-10(2)12-14-8-11(9-15-12)7-13-5-6-16-3/h8-10,13H,4-7H2,1-3H3. The van der Waals surface area contributed by atoms with Crippen LogP contribution in [0.1, 0.15) is 37.6 Å². The Hall–Kier alpha value is -1.00. The van der Waals surface area contributed by atoms with Gasteiger partial charge in [-0.25, -0.2) is 9.97 Å². The maximum absolute atomic E-state index is 4.95. The maximum Gasteiger partial charge on any atom is 0.131 e. The van der Waals surface area contributed by atoms with Crippen LogP contribution in [0.15, 0.2) is 12.4 Å². The zero-order valence-electron chi connectivity index (χ0n) is 10.4. The summed E-state index contributed by atoms with van der Waals surface area (Å²) >= 11 is 0. The Morgan fingerprint density at radius 1 is 1.38 bits per heavy atom. The number of ether oxygens (including phenoxy) is 1. The third-order valence-electron chi connectivity index (χ3n) is 2.59. The van der Waals surface area contributed by atoms with Crippen molar-refractivity contribution in [2.45, 2.75) is 32.7 Å². The van der Waals surface area contributed by atoms with Gasteiger partial charge in [0, 0.05) is 44.1 Å². The van der Waals surface area contributed by atoms with Crippen molar-refractivity contribution >= 4 is 0 Å². The molecule has 1 N–H and O–H groups in total. The van der Waals surface area contributed by atoms with E-state index in [4.69, 9.17) is 4.74 Å². The lowest BCUT2D eigenvalue weighted by molar-refractivity contribution is 0.199. The van der Waals surface area contributed by atoms with E-state index in [1.807, 2.05) is 12.4 Å². The maximum atomic E-state index is 4.95. The van der Waals surface area contributed by atoms with Gasteiger partial charge in [0.15, 0.2) is 0 Å². The molecule has 0 bridgehead atoms. The minimum Gasteiger partial charge on any atom is -0.383 e. The molecule has 1 atom stereocenters. The van der Waals surface area contributed by atoms with Crippen LogP contribution in [-0.2, 0) is 11.3 Å². The van der Waals surface area contributed by atoms with Gasteiger partial charge in [-0.15, -0.1) is 0 Å². The minimum atomic E-state index is 0.440. The van der Waals surface area contributed by atoms with E-state index in [0.717, 1.165) is 37.5 Å². The van der Waals surface area contributed by atoms with Crippen molar-refractivity contribution in [3.8, 4) is 0 Å². The largest absolute Gasteiger partial charge is 0.383 e. The molecule has 0 aliphatic heterocycles. The van der Waals surface area contributed by atoms with Crippen molar-refractivity contribution < 1.29 is 4.74 Å². The van der Waals surface area contributed by atoms with Crippen LogP contribution in [0.4, 0.5) is 0 Å². The predicted octanol–water partition coefficient (Wildman–Crippen LogP) is 1.73. The number of methoxy groups -OCH3 is 1. The SMILES string of the molecule is CCC(C)c1ncc(CNCCOC)cn1. The highest BCUT2D eigenvalue weighted by molar-refractivity contribution is 5.06. The molecule has 0 saturated heterocycles. The molecule has 0 amide bonds. The molecule has 0 spiro atoms. The lowest BCUT2D eigenvalue weighted by Crippen LogP contribution is -2.18. The Morgan fingerprint density at radius 2 is 2.06 bits per heavy atom. The molecule has 4 nitrogen and oxygen atoms in total. The predicted molar refractivity (Wildman–Crippen MR) is 64.3 cm³/mol. The molecule has 0 fully saturated rings. The average molecular weight is 223 g/mol. The lowest BCUT2D eigenvalue weighted by Gasteiger charge is -2.08. The zero-order valence-corrected chi connectivity index (χ0v) is 10.4. The molecular formula is C12H21N3O. The molecule has 1 unspecified atom stereocenters. The van der Waals surface area contributed by atoms with E-state index in [9.17, 15) is 0 Å². The highest BCUT2D eigenvalue weighted by Crippen LogP contribution is 2.12. The molecule has 16 heavy (non-hydrogen) atoms. The van der Waals surface area contributed by atoms with Gasteiger partial charge in [0.25, 0.3) is 0 Å². The summed E-state index contributed by atoms with van der Waals surface area (Å²) in [5.74, 6) is 1.37. The summed E-state index contributed by atoms with van der Waals surface area (Å²) in [7, 11) is 1.70. The first-order valence-electron chi connectivity index (χ1n) is 5.78. The molecule has 0 radical (unpaired) electrons. The zero-order chi connectivity index (χ0) is 11.8. The lowest BCUT2D eigenvalue weighted by atomic mass is 10.1. The fourth-order valence-electron chi connectivity index (χ4n) is 1.30. The molecule has 1 aromatic rings. The van der Waals surface area contributed by atoms with Gasteiger partial charge in [0.2, 0.25) is 0 Å². The highest BCUT2D eigenvalue weighted by Gasteiger charge is 2.05. The summed E-state index contributed by atoms with van der Waals surface area (Å²) in [6, 6.07) is 0. The number of hydrogen-bond acceptors (Lipinski definition) is 4. The number of aromatic nitrogens is 2. The van der Waals surface area contributed by atoms with Crippen molar-refractivity contribution in [1.82, 2.24) is 15.3 Å². The summed E-state index contributed by atoms with van der Waals surface area (Å²) in [4.78, 5) is 8.73. The van der Waals surface area contributed by atoms with E-state index in [2.05, 4.69) is 29.1 Å². The number of hydrogen-bond donors (Lipinski definition) is 1. The van der Waals surface area contributed by atoms with Gasteiger partial charge < -0.3 is 10.1 Å². The van der Waals surface area contributed by atoms with Gasteiger partial charge in [-0.3, -0.25) is 0 Å². The second-order valence-electron chi connectivity index (χ2n) is 3.93. The summed E-state index contributed by atoms with van der Waals surface area (Å²) in [6.45, 7) is 6.67. The topological polar surface area (TPSA) is 47.0 Å². The normalized spacial score (nSPS) is 12.7. The first-order valence-corrected chi connectivity index (χ1v) is 5.78. The third kappa shape index (κ3) is 4.24. The minimum absolute atomic E-state index is 0.440. The van der Waals surface area contributed by atoms with E-state index >= 15 is 0 Å². The average Bonchev–Trinajstić information content (AvgIpc) is 2.34. The fourth-order valence-corrected chi connectivity index (χ4v) is 1.30. The molecule has 4 heteroatoms. The van der Waals surface area contributed by atoms with Crippen molar-refractivity contribution in [3.05, 3.63) is 23.8 Å². The van der Waals surface area contributed by atoms with Crippen LogP contribution in [-0.4, -0.2) is 30.2 Å². The molecular weight excluding hydrogens is 202 g/mol.